The van der Waals surface area contributed by atoms with E-state index < -0.39 is 11.9 Å². The molecule has 3 rings (SSSR count). The molecule has 1 amide bonds. The molecule has 1 fully saturated rings. The van der Waals surface area contributed by atoms with Gasteiger partial charge >= 0.3 is 0 Å². The van der Waals surface area contributed by atoms with Crippen LogP contribution in [0.1, 0.15) is 31.8 Å². The lowest BCUT2D eigenvalue weighted by molar-refractivity contribution is -0.118. The molecular weight excluding hydrogens is 321 g/mol. The van der Waals surface area contributed by atoms with Crippen LogP contribution < -0.4 is 10.1 Å². The molecule has 0 spiro atoms. The summed E-state index contributed by atoms with van der Waals surface area (Å²) in [5.41, 5.74) is 0. The van der Waals surface area contributed by atoms with Crippen LogP contribution in [0.15, 0.2) is 33.9 Å². The summed E-state index contributed by atoms with van der Waals surface area (Å²) in [7, 11) is 0. The van der Waals surface area contributed by atoms with Crippen LogP contribution in [-0.2, 0) is 4.79 Å². The maximum atomic E-state index is 13.5. The Kier molecular flexibility index (Phi) is 4.80. The number of carbonyl (C=O) groups is 1. The van der Waals surface area contributed by atoms with Crippen LogP contribution in [0.25, 0.3) is 0 Å². The normalized spacial score (nSPS) is 15.2. The first-order valence-corrected chi connectivity index (χ1v) is 8.27. The Morgan fingerprint density at radius 1 is 1.48 bits per heavy atom. The van der Waals surface area contributed by atoms with Gasteiger partial charge < -0.3 is 14.5 Å². The monoisotopic (exact) mass is 337 g/mol. The second-order valence-corrected chi connectivity index (χ2v) is 6.15. The Morgan fingerprint density at radius 3 is 3.00 bits per heavy atom. The number of rotatable bonds is 7. The molecule has 23 heavy (non-hydrogen) atoms. The summed E-state index contributed by atoms with van der Waals surface area (Å²) < 4.78 is 24.5. The van der Waals surface area contributed by atoms with Gasteiger partial charge in [-0.1, -0.05) is 23.9 Å². The molecule has 0 saturated heterocycles. The minimum absolute atomic E-state index is 0.0482. The SMILES string of the molecule is C[C@@H](Oc1ccccc1F)c1nnc(SCC(=O)NC2CC2)o1. The van der Waals surface area contributed by atoms with E-state index in [1.54, 1.807) is 19.1 Å². The van der Waals surface area contributed by atoms with Crippen molar-refractivity contribution < 1.29 is 18.3 Å². The van der Waals surface area contributed by atoms with Crippen LogP contribution in [0.3, 0.4) is 0 Å². The van der Waals surface area contributed by atoms with Gasteiger partial charge in [-0.05, 0) is 31.9 Å². The number of para-hydroxylation sites is 1. The summed E-state index contributed by atoms with van der Waals surface area (Å²) in [6, 6.07) is 6.44. The summed E-state index contributed by atoms with van der Waals surface area (Å²) in [6.07, 6.45) is 1.51. The van der Waals surface area contributed by atoms with Crippen molar-refractivity contribution in [3.63, 3.8) is 0 Å². The largest absolute Gasteiger partial charge is 0.478 e. The van der Waals surface area contributed by atoms with Crippen LogP contribution >= 0.6 is 11.8 Å². The third kappa shape index (κ3) is 4.44. The Labute approximate surface area is 136 Å². The van der Waals surface area contributed by atoms with Crippen molar-refractivity contribution in [3.05, 3.63) is 36.0 Å². The smallest absolute Gasteiger partial charge is 0.277 e. The first-order valence-electron chi connectivity index (χ1n) is 7.28. The average molecular weight is 337 g/mol. The fourth-order valence-corrected chi connectivity index (χ4v) is 2.43. The van der Waals surface area contributed by atoms with Crippen LogP contribution in [-0.4, -0.2) is 27.9 Å². The lowest BCUT2D eigenvalue weighted by atomic mass is 10.3. The first kappa shape index (κ1) is 15.8. The number of nitrogens with one attached hydrogen (secondary N) is 1. The molecular formula is C15H16FN3O3S. The van der Waals surface area contributed by atoms with Gasteiger partial charge in [-0.25, -0.2) is 4.39 Å². The van der Waals surface area contributed by atoms with Gasteiger partial charge in [-0.15, -0.1) is 10.2 Å². The molecule has 6 nitrogen and oxygen atoms in total. The lowest BCUT2D eigenvalue weighted by Crippen LogP contribution is -2.26. The second kappa shape index (κ2) is 6.99. The van der Waals surface area contributed by atoms with Crippen LogP contribution in [0.5, 0.6) is 5.75 Å². The minimum Gasteiger partial charge on any atom is -0.478 e. The van der Waals surface area contributed by atoms with Crippen molar-refractivity contribution in [2.75, 3.05) is 5.75 Å². The summed E-state index contributed by atoms with van der Waals surface area (Å²) in [6.45, 7) is 1.69. The van der Waals surface area contributed by atoms with E-state index in [0.29, 0.717) is 6.04 Å². The van der Waals surface area contributed by atoms with Crippen LogP contribution in [0.4, 0.5) is 4.39 Å². The number of halogens is 1. The van der Waals surface area contributed by atoms with Crippen LogP contribution in [0.2, 0.25) is 0 Å². The molecule has 1 N–H and O–H groups in total. The standard InChI is InChI=1S/C15H16FN3O3S/c1-9(21-12-5-3-2-4-11(12)16)14-18-19-15(22-14)23-8-13(20)17-10-6-7-10/h2-5,9-10H,6-8H2,1H3,(H,17,20)/t9-/m1/s1. The quantitative estimate of drug-likeness (QED) is 0.783. The van der Waals surface area contributed by atoms with E-state index in [2.05, 4.69) is 15.5 Å². The van der Waals surface area contributed by atoms with E-state index in [-0.39, 0.29) is 28.5 Å². The second-order valence-electron chi connectivity index (χ2n) is 5.23. The molecule has 1 aliphatic carbocycles. The van der Waals surface area contributed by atoms with Crippen molar-refractivity contribution >= 4 is 17.7 Å². The van der Waals surface area contributed by atoms with Crippen molar-refractivity contribution in [2.24, 2.45) is 0 Å². The molecule has 122 valence electrons. The Hall–Kier alpha value is -2.09. The molecule has 2 aromatic rings. The molecule has 1 atom stereocenters. The summed E-state index contributed by atoms with van der Waals surface area (Å²) >= 11 is 1.16. The number of amides is 1. The number of benzene rings is 1. The topological polar surface area (TPSA) is 77.2 Å². The zero-order valence-corrected chi connectivity index (χ0v) is 13.3. The predicted molar refractivity (Wildman–Crippen MR) is 81.6 cm³/mol. The molecule has 0 aliphatic heterocycles. The zero-order valence-electron chi connectivity index (χ0n) is 12.5. The molecule has 0 radical (unpaired) electrons. The van der Waals surface area contributed by atoms with E-state index >= 15 is 0 Å². The molecule has 1 heterocycles. The van der Waals surface area contributed by atoms with E-state index in [9.17, 15) is 9.18 Å². The molecule has 0 bridgehead atoms. The highest BCUT2D eigenvalue weighted by Crippen LogP contribution is 2.25. The zero-order chi connectivity index (χ0) is 16.2. The van der Waals surface area contributed by atoms with Gasteiger partial charge in [-0.2, -0.15) is 0 Å². The van der Waals surface area contributed by atoms with Gasteiger partial charge in [0, 0.05) is 6.04 Å². The van der Waals surface area contributed by atoms with Gasteiger partial charge in [-0.3, -0.25) is 4.79 Å². The Bertz CT molecular complexity index is 690. The summed E-state index contributed by atoms with van der Waals surface area (Å²) in [5, 5.41) is 10.9. The van der Waals surface area contributed by atoms with Crippen molar-refractivity contribution in [3.8, 4) is 5.75 Å². The van der Waals surface area contributed by atoms with E-state index in [1.165, 1.54) is 12.1 Å². The molecule has 8 heteroatoms. The molecule has 1 aromatic carbocycles. The van der Waals surface area contributed by atoms with Gasteiger partial charge in [0.05, 0.1) is 5.75 Å². The number of carbonyl (C=O) groups excluding carboxylic acids is 1. The van der Waals surface area contributed by atoms with E-state index in [0.717, 1.165) is 24.6 Å². The fraction of sp³-hybridized carbons (Fsp3) is 0.400. The van der Waals surface area contributed by atoms with Gasteiger partial charge in [0.25, 0.3) is 11.1 Å². The molecule has 0 unspecified atom stereocenters. The van der Waals surface area contributed by atoms with Crippen molar-refractivity contribution in [2.45, 2.75) is 37.1 Å². The number of hydrogen-bond donors (Lipinski definition) is 1. The maximum absolute atomic E-state index is 13.5. The molecule has 1 aliphatic rings. The first-order chi connectivity index (χ1) is 11.1. The predicted octanol–water partition coefficient (Wildman–Crippen LogP) is 2.72. The van der Waals surface area contributed by atoms with E-state index in [4.69, 9.17) is 9.15 Å². The highest BCUT2D eigenvalue weighted by molar-refractivity contribution is 7.99. The summed E-state index contributed by atoms with van der Waals surface area (Å²) in [4.78, 5) is 11.6. The fourth-order valence-electron chi connectivity index (χ4n) is 1.85. The van der Waals surface area contributed by atoms with Gasteiger partial charge in [0.15, 0.2) is 17.7 Å². The van der Waals surface area contributed by atoms with E-state index in [1.807, 2.05) is 0 Å². The summed E-state index contributed by atoms with van der Waals surface area (Å²) in [5.74, 6) is 0.0772. The minimum atomic E-state index is -0.589. The third-order valence-electron chi connectivity index (χ3n) is 3.18. The number of hydrogen-bond acceptors (Lipinski definition) is 6. The van der Waals surface area contributed by atoms with Crippen molar-refractivity contribution in [1.82, 2.24) is 15.5 Å². The Balaban J connectivity index is 1.53. The molecule has 1 saturated carbocycles. The maximum Gasteiger partial charge on any atom is 0.277 e. The highest BCUT2D eigenvalue weighted by Gasteiger charge is 2.23. The van der Waals surface area contributed by atoms with Crippen molar-refractivity contribution in [1.29, 1.82) is 0 Å². The number of nitrogens with zero attached hydrogens (tertiary/aromatic N) is 2. The van der Waals surface area contributed by atoms with Gasteiger partial charge in [0.2, 0.25) is 5.91 Å². The average Bonchev–Trinajstić information content (AvgIpc) is 3.21. The highest BCUT2D eigenvalue weighted by atomic mass is 32.2. The number of ether oxygens (including phenoxy) is 1. The molecule has 1 aromatic heterocycles. The van der Waals surface area contributed by atoms with Crippen LogP contribution in [0, 0.1) is 5.82 Å². The number of aromatic nitrogens is 2. The third-order valence-corrected chi connectivity index (χ3v) is 4.00. The Morgan fingerprint density at radius 2 is 2.26 bits per heavy atom. The lowest BCUT2D eigenvalue weighted by Gasteiger charge is -2.11. The number of thioether (sulfide) groups is 1. The van der Waals surface area contributed by atoms with Gasteiger partial charge in [0.1, 0.15) is 0 Å².